The monoisotopic (exact) mass is 190 g/mol. The van der Waals surface area contributed by atoms with Crippen LogP contribution in [0.3, 0.4) is 0 Å². The number of halogens is 2. The van der Waals surface area contributed by atoms with Crippen LogP contribution in [0.15, 0.2) is 17.1 Å². The zero-order valence-corrected chi connectivity index (χ0v) is 6.10. The summed E-state index contributed by atoms with van der Waals surface area (Å²) in [6.07, 6.45) is 2.88. The van der Waals surface area contributed by atoms with Crippen LogP contribution in [0.2, 0.25) is 0 Å². The molecule has 9 heavy (non-hydrogen) atoms. The first kappa shape index (κ1) is 6.61. The maximum atomic E-state index is 11.8. The van der Waals surface area contributed by atoms with Crippen LogP contribution in [0.1, 0.15) is 5.56 Å². The van der Waals surface area contributed by atoms with E-state index in [4.69, 9.17) is 0 Å². The molecular weight excluding hydrogens is 187 g/mol. The van der Waals surface area contributed by atoms with Crippen LogP contribution in [0.5, 0.6) is 0 Å². The van der Waals surface area contributed by atoms with Crippen molar-refractivity contribution in [1.82, 2.24) is 9.97 Å². The number of rotatable bonds is 1. The molecule has 2 nitrogen and oxygen atoms in total. The summed E-state index contributed by atoms with van der Waals surface area (Å²) in [5.74, 6) is 0. The SMILES string of the molecule is FCc1cnc(Br)nc1. The first-order valence-corrected chi connectivity index (χ1v) is 3.14. The highest BCUT2D eigenvalue weighted by molar-refractivity contribution is 9.10. The third kappa shape index (κ3) is 1.71. The predicted molar refractivity (Wildman–Crippen MR) is 34.5 cm³/mol. The van der Waals surface area contributed by atoms with Gasteiger partial charge in [0, 0.05) is 18.0 Å². The van der Waals surface area contributed by atoms with Crippen LogP contribution in [0, 0.1) is 0 Å². The minimum atomic E-state index is -0.507. The summed E-state index contributed by atoms with van der Waals surface area (Å²) >= 11 is 3.03. The van der Waals surface area contributed by atoms with E-state index in [1.807, 2.05) is 0 Å². The topological polar surface area (TPSA) is 25.8 Å². The summed E-state index contributed by atoms with van der Waals surface area (Å²) in [5.41, 5.74) is 0.498. The molecule has 1 aromatic heterocycles. The fourth-order valence-electron chi connectivity index (χ4n) is 0.408. The fraction of sp³-hybridized carbons (Fsp3) is 0.200. The Hall–Kier alpha value is -0.510. The lowest BCUT2D eigenvalue weighted by molar-refractivity contribution is 0.482. The van der Waals surface area contributed by atoms with Gasteiger partial charge in [-0.2, -0.15) is 0 Å². The molecule has 1 aromatic rings. The molecular formula is C5H4BrFN2. The highest BCUT2D eigenvalue weighted by Crippen LogP contribution is 2.01. The zero-order valence-electron chi connectivity index (χ0n) is 4.51. The second kappa shape index (κ2) is 2.87. The van der Waals surface area contributed by atoms with Crippen molar-refractivity contribution in [2.45, 2.75) is 6.67 Å². The molecule has 0 N–H and O–H groups in total. The zero-order chi connectivity index (χ0) is 6.69. The first-order chi connectivity index (χ1) is 4.33. The Labute approximate surface area is 60.3 Å². The third-order valence-corrected chi connectivity index (χ3v) is 1.24. The predicted octanol–water partition coefficient (Wildman–Crippen LogP) is 1.71. The molecule has 1 rings (SSSR count). The third-order valence-electron chi connectivity index (χ3n) is 0.828. The summed E-state index contributed by atoms with van der Waals surface area (Å²) in [6.45, 7) is -0.507. The Balaban J connectivity index is 2.88. The molecule has 0 aromatic carbocycles. The fourth-order valence-corrected chi connectivity index (χ4v) is 0.613. The summed E-state index contributed by atoms with van der Waals surface area (Å²) in [7, 11) is 0. The summed E-state index contributed by atoms with van der Waals surface area (Å²) in [6, 6.07) is 0. The van der Waals surface area contributed by atoms with Crippen LogP contribution >= 0.6 is 15.9 Å². The van der Waals surface area contributed by atoms with Crippen molar-refractivity contribution in [2.75, 3.05) is 0 Å². The maximum absolute atomic E-state index is 11.8. The molecule has 0 saturated carbocycles. The standard InChI is InChI=1S/C5H4BrFN2/c6-5-8-2-4(1-7)3-9-5/h2-3H,1H2. The van der Waals surface area contributed by atoms with E-state index in [2.05, 4.69) is 25.9 Å². The minimum Gasteiger partial charge on any atom is -0.246 e. The average Bonchev–Trinajstić information content (AvgIpc) is 1.90. The van der Waals surface area contributed by atoms with Gasteiger partial charge in [-0.3, -0.25) is 0 Å². The van der Waals surface area contributed by atoms with E-state index < -0.39 is 6.67 Å². The van der Waals surface area contributed by atoms with Crippen molar-refractivity contribution in [3.63, 3.8) is 0 Å². The summed E-state index contributed by atoms with van der Waals surface area (Å²) < 4.78 is 12.2. The lowest BCUT2D eigenvalue weighted by Crippen LogP contribution is -1.84. The minimum absolute atomic E-state index is 0.486. The molecule has 0 unspecified atom stereocenters. The van der Waals surface area contributed by atoms with E-state index in [1.54, 1.807) is 0 Å². The number of nitrogens with zero attached hydrogens (tertiary/aromatic N) is 2. The van der Waals surface area contributed by atoms with Crippen molar-refractivity contribution in [3.05, 3.63) is 22.7 Å². The molecule has 0 aliphatic heterocycles. The van der Waals surface area contributed by atoms with Gasteiger partial charge in [-0.05, 0) is 15.9 Å². The van der Waals surface area contributed by atoms with Gasteiger partial charge in [0.15, 0.2) is 4.73 Å². The van der Waals surface area contributed by atoms with E-state index in [-0.39, 0.29) is 0 Å². The van der Waals surface area contributed by atoms with Crippen molar-refractivity contribution >= 4 is 15.9 Å². The van der Waals surface area contributed by atoms with Crippen molar-refractivity contribution in [1.29, 1.82) is 0 Å². The van der Waals surface area contributed by atoms with Crippen LogP contribution < -0.4 is 0 Å². The van der Waals surface area contributed by atoms with Gasteiger partial charge in [0.05, 0.1) is 0 Å². The highest BCUT2D eigenvalue weighted by Gasteiger charge is 1.90. The van der Waals surface area contributed by atoms with E-state index in [0.717, 1.165) is 0 Å². The van der Waals surface area contributed by atoms with E-state index in [1.165, 1.54) is 12.4 Å². The van der Waals surface area contributed by atoms with E-state index >= 15 is 0 Å². The number of hydrogen-bond donors (Lipinski definition) is 0. The Morgan fingerprint density at radius 2 is 2.00 bits per heavy atom. The van der Waals surface area contributed by atoms with Gasteiger partial charge in [-0.25, -0.2) is 14.4 Å². The molecule has 0 atom stereocenters. The molecule has 0 amide bonds. The molecule has 4 heteroatoms. The Kier molecular flexibility index (Phi) is 2.10. The van der Waals surface area contributed by atoms with Gasteiger partial charge < -0.3 is 0 Å². The lowest BCUT2D eigenvalue weighted by Gasteiger charge is -1.89. The average molecular weight is 191 g/mol. The molecule has 0 aliphatic carbocycles. The summed E-state index contributed by atoms with van der Waals surface area (Å²) in [5, 5.41) is 0. The molecule has 0 aliphatic rings. The van der Waals surface area contributed by atoms with Crippen molar-refractivity contribution < 1.29 is 4.39 Å². The normalized spacial score (nSPS) is 9.56. The quantitative estimate of drug-likeness (QED) is 0.631. The second-order valence-corrected chi connectivity index (χ2v) is 2.20. The van der Waals surface area contributed by atoms with Gasteiger partial charge in [0.2, 0.25) is 0 Å². The van der Waals surface area contributed by atoms with Crippen molar-refractivity contribution in [2.24, 2.45) is 0 Å². The van der Waals surface area contributed by atoms with Gasteiger partial charge in [0.25, 0.3) is 0 Å². The number of aromatic nitrogens is 2. The number of hydrogen-bond acceptors (Lipinski definition) is 2. The molecule has 0 bridgehead atoms. The molecule has 0 spiro atoms. The van der Waals surface area contributed by atoms with Gasteiger partial charge in [-0.15, -0.1) is 0 Å². The van der Waals surface area contributed by atoms with Gasteiger partial charge in [0.1, 0.15) is 6.67 Å². The first-order valence-electron chi connectivity index (χ1n) is 2.35. The Bertz CT molecular complexity index is 187. The lowest BCUT2D eigenvalue weighted by atomic mass is 10.4. The van der Waals surface area contributed by atoms with Crippen LogP contribution in [-0.2, 0) is 6.67 Å². The molecule has 0 radical (unpaired) electrons. The van der Waals surface area contributed by atoms with E-state index in [0.29, 0.717) is 10.3 Å². The van der Waals surface area contributed by atoms with Gasteiger partial charge in [-0.1, -0.05) is 0 Å². The van der Waals surface area contributed by atoms with Crippen LogP contribution in [0.4, 0.5) is 4.39 Å². The Morgan fingerprint density at radius 3 is 2.44 bits per heavy atom. The molecule has 0 saturated heterocycles. The van der Waals surface area contributed by atoms with Gasteiger partial charge >= 0.3 is 0 Å². The molecule has 0 fully saturated rings. The molecule has 1 heterocycles. The molecule has 48 valence electrons. The second-order valence-electron chi connectivity index (χ2n) is 1.49. The smallest absolute Gasteiger partial charge is 0.196 e. The Morgan fingerprint density at radius 1 is 1.44 bits per heavy atom. The van der Waals surface area contributed by atoms with Crippen LogP contribution in [0.25, 0.3) is 0 Å². The maximum Gasteiger partial charge on any atom is 0.196 e. The number of alkyl halides is 1. The van der Waals surface area contributed by atoms with Crippen LogP contribution in [-0.4, -0.2) is 9.97 Å². The highest BCUT2D eigenvalue weighted by atomic mass is 79.9. The largest absolute Gasteiger partial charge is 0.246 e. The summed E-state index contributed by atoms with van der Waals surface area (Å²) in [4.78, 5) is 7.43. The van der Waals surface area contributed by atoms with E-state index in [9.17, 15) is 4.39 Å². The van der Waals surface area contributed by atoms with Crippen molar-refractivity contribution in [3.8, 4) is 0 Å².